The lowest BCUT2D eigenvalue weighted by atomic mass is 10.0. The van der Waals surface area contributed by atoms with Gasteiger partial charge >= 0.3 is 0 Å². The van der Waals surface area contributed by atoms with Crippen LogP contribution in [0.2, 0.25) is 10.0 Å². The highest BCUT2D eigenvalue weighted by atomic mass is 35.5. The van der Waals surface area contributed by atoms with Gasteiger partial charge in [0.25, 0.3) is 5.91 Å². The Kier molecular flexibility index (Phi) is 7.33. The molecule has 1 amide bonds. The number of nitrogens with one attached hydrogen (secondary N) is 2. The Bertz CT molecular complexity index is 1340. The van der Waals surface area contributed by atoms with Gasteiger partial charge in [-0.15, -0.1) is 12.4 Å². The van der Waals surface area contributed by atoms with E-state index in [0.717, 1.165) is 35.2 Å². The summed E-state index contributed by atoms with van der Waals surface area (Å²) in [7, 11) is 1.65. The van der Waals surface area contributed by atoms with Crippen LogP contribution in [0.4, 0.5) is 5.69 Å². The fourth-order valence-corrected chi connectivity index (χ4v) is 4.95. The van der Waals surface area contributed by atoms with E-state index in [0.29, 0.717) is 24.3 Å². The smallest absolute Gasteiger partial charge is 0.256 e. The highest BCUT2D eigenvalue weighted by Gasteiger charge is 2.27. The maximum atomic E-state index is 13.5. The summed E-state index contributed by atoms with van der Waals surface area (Å²) in [5.41, 5.74) is 5.31. The van der Waals surface area contributed by atoms with Gasteiger partial charge < -0.3 is 19.9 Å². The molecule has 0 aliphatic carbocycles. The van der Waals surface area contributed by atoms with E-state index < -0.39 is 0 Å². The minimum absolute atomic E-state index is 0. The van der Waals surface area contributed by atoms with E-state index in [2.05, 4.69) is 32.3 Å². The second-order valence-electron chi connectivity index (χ2n) is 7.90. The van der Waals surface area contributed by atoms with Gasteiger partial charge in [-0.25, -0.2) is 0 Å². The molecule has 2 N–H and O–H groups in total. The van der Waals surface area contributed by atoms with E-state index >= 15 is 0 Å². The SMILES string of the molecule is COc1ccc(C(=O)Nc2c(Cl)cncc2Cl)c2c3c(n(Cc4ccccc4)c12)CCNC3.Cl. The van der Waals surface area contributed by atoms with Gasteiger partial charge in [0.15, 0.2) is 0 Å². The number of nitrogens with zero attached hydrogens (tertiary/aromatic N) is 2. The number of amides is 1. The monoisotopic (exact) mass is 516 g/mol. The largest absolute Gasteiger partial charge is 0.495 e. The summed E-state index contributed by atoms with van der Waals surface area (Å²) < 4.78 is 8.03. The molecule has 0 radical (unpaired) electrons. The fraction of sp³-hybridized carbons (Fsp3) is 0.200. The van der Waals surface area contributed by atoms with E-state index in [1.54, 1.807) is 13.2 Å². The van der Waals surface area contributed by atoms with Crippen LogP contribution in [0.3, 0.4) is 0 Å². The molecule has 1 aliphatic rings. The third-order valence-corrected chi connectivity index (χ3v) is 6.54. The summed E-state index contributed by atoms with van der Waals surface area (Å²) in [6.45, 7) is 2.25. The van der Waals surface area contributed by atoms with Crippen LogP contribution in [-0.4, -0.2) is 29.1 Å². The minimum Gasteiger partial charge on any atom is -0.495 e. The van der Waals surface area contributed by atoms with Crippen LogP contribution in [0.15, 0.2) is 54.9 Å². The zero-order chi connectivity index (χ0) is 22.9. The second kappa shape index (κ2) is 10.2. The first-order valence-electron chi connectivity index (χ1n) is 10.6. The highest BCUT2D eigenvalue weighted by molar-refractivity contribution is 6.40. The first-order chi connectivity index (χ1) is 16.1. The number of carbonyl (C=O) groups is 1. The standard InChI is InChI=1S/C25H22Cl2N4O2.ClH/c1-33-21-8-7-16(25(32)30-23-18(26)12-29-13-19(23)27)22-17-11-28-10-9-20(17)31(24(21)22)14-15-5-3-2-4-6-15;/h2-8,12-13,28H,9-11,14H2,1H3,(H,29,30,32);1H. The van der Waals surface area contributed by atoms with Gasteiger partial charge in [-0.1, -0.05) is 53.5 Å². The third kappa shape index (κ3) is 4.34. The number of aromatic nitrogens is 2. The molecule has 2 aromatic carbocycles. The average molecular weight is 518 g/mol. The Morgan fingerprint density at radius 2 is 1.88 bits per heavy atom. The Balaban J connectivity index is 0.00000274. The molecule has 9 heteroatoms. The molecule has 1 aliphatic heterocycles. The van der Waals surface area contributed by atoms with Crippen molar-refractivity contribution in [3.05, 3.63) is 87.3 Å². The number of hydrogen-bond acceptors (Lipinski definition) is 4. The van der Waals surface area contributed by atoms with Gasteiger partial charge in [-0.3, -0.25) is 9.78 Å². The number of ether oxygens (including phenoxy) is 1. The van der Waals surface area contributed by atoms with Gasteiger partial charge in [-0.05, 0) is 23.3 Å². The van der Waals surface area contributed by atoms with E-state index in [1.165, 1.54) is 23.7 Å². The fourth-order valence-electron chi connectivity index (χ4n) is 4.49. The van der Waals surface area contributed by atoms with Crippen molar-refractivity contribution in [1.29, 1.82) is 0 Å². The summed E-state index contributed by atoms with van der Waals surface area (Å²) in [4.78, 5) is 17.4. The molecule has 0 saturated carbocycles. The molecule has 6 nitrogen and oxygen atoms in total. The Morgan fingerprint density at radius 1 is 1.15 bits per heavy atom. The number of fused-ring (bicyclic) bond motifs is 3. The summed E-state index contributed by atoms with van der Waals surface area (Å²) in [6, 6.07) is 13.9. The molecule has 176 valence electrons. The summed E-state index contributed by atoms with van der Waals surface area (Å²) in [5, 5.41) is 7.77. The summed E-state index contributed by atoms with van der Waals surface area (Å²) in [5.74, 6) is 0.440. The lowest BCUT2D eigenvalue weighted by molar-refractivity contribution is 0.102. The second-order valence-corrected chi connectivity index (χ2v) is 8.71. The van der Waals surface area contributed by atoms with Crippen LogP contribution in [-0.2, 0) is 19.5 Å². The lowest BCUT2D eigenvalue weighted by Crippen LogP contribution is -2.25. The molecule has 0 bridgehead atoms. The molecule has 4 aromatic rings. The van der Waals surface area contributed by atoms with E-state index in [1.807, 2.05) is 24.3 Å². The molecule has 34 heavy (non-hydrogen) atoms. The van der Waals surface area contributed by atoms with Crippen molar-refractivity contribution < 1.29 is 9.53 Å². The quantitative estimate of drug-likeness (QED) is 0.355. The molecule has 3 heterocycles. The van der Waals surface area contributed by atoms with Crippen molar-refractivity contribution >= 4 is 58.1 Å². The van der Waals surface area contributed by atoms with E-state index in [9.17, 15) is 4.79 Å². The molecule has 0 atom stereocenters. The average Bonchev–Trinajstić information content (AvgIpc) is 3.16. The zero-order valence-electron chi connectivity index (χ0n) is 18.4. The molecule has 2 aromatic heterocycles. The van der Waals surface area contributed by atoms with Gasteiger partial charge in [0.05, 0.1) is 28.4 Å². The Labute approximate surface area is 213 Å². The molecule has 0 spiro atoms. The number of anilines is 1. The van der Waals surface area contributed by atoms with Crippen LogP contribution >= 0.6 is 35.6 Å². The predicted molar refractivity (Wildman–Crippen MR) is 139 cm³/mol. The molecule has 0 saturated heterocycles. The van der Waals surface area contributed by atoms with Crippen LogP contribution < -0.4 is 15.4 Å². The minimum atomic E-state index is -0.289. The van der Waals surface area contributed by atoms with E-state index in [-0.39, 0.29) is 28.4 Å². The van der Waals surface area contributed by atoms with Crippen LogP contribution in [0, 0.1) is 0 Å². The molecular weight excluding hydrogens is 495 g/mol. The first kappa shape index (κ1) is 24.4. The molecule has 0 fully saturated rings. The number of halogens is 3. The third-order valence-electron chi connectivity index (χ3n) is 5.97. The van der Waals surface area contributed by atoms with Crippen molar-refractivity contribution in [1.82, 2.24) is 14.9 Å². The van der Waals surface area contributed by atoms with Crippen molar-refractivity contribution in [2.45, 2.75) is 19.5 Å². The molecular formula is C25H23Cl3N4O2. The van der Waals surface area contributed by atoms with Crippen molar-refractivity contribution in [3.63, 3.8) is 0 Å². The van der Waals surface area contributed by atoms with E-state index in [4.69, 9.17) is 27.9 Å². The van der Waals surface area contributed by atoms with Crippen molar-refractivity contribution in [2.75, 3.05) is 19.0 Å². The molecule has 0 unspecified atom stereocenters. The number of pyridine rings is 1. The molecule has 5 rings (SSSR count). The summed E-state index contributed by atoms with van der Waals surface area (Å²) >= 11 is 12.5. The van der Waals surface area contributed by atoms with Gasteiger partial charge in [0.1, 0.15) is 5.75 Å². The number of benzene rings is 2. The van der Waals surface area contributed by atoms with Crippen LogP contribution in [0.5, 0.6) is 5.75 Å². The first-order valence-corrected chi connectivity index (χ1v) is 11.4. The number of hydrogen-bond donors (Lipinski definition) is 2. The lowest BCUT2D eigenvalue weighted by Gasteiger charge is -2.17. The maximum Gasteiger partial charge on any atom is 0.256 e. The normalized spacial score (nSPS) is 12.7. The van der Waals surface area contributed by atoms with Crippen molar-refractivity contribution in [3.8, 4) is 5.75 Å². The predicted octanol–water partition coefficient (Wildman–Crippen LogP) is 5.72. The Hall–Kier alpha value is -2.77. The summed E-state index contributed by atoms with van der Waals surface area (Å²) in [6.07, 6.45) is 3.77. The number of methoxy groups -OCH3 is 1. The maximum absolute atomic E-state index is 13.5. The van der Waals surface area contributed by atoms with Gasteiger partial charge in [0.2, 0.25) is 0 Å². The topological polar surface area (TPSA) is 68.2 Å². The number of rotatable bonds is 5. The zero-order valence-corrected chi connectivity index (χ0v) is 20.7. The Morgan fingerprint density at radius 3 is 2.59 bits per heavy atom. The van der Waals surface area contributed by atoms with Gasteiger partial charge in [0, 0.05) is 55.1 Å². The van der Waals surface area contributed by atoms with Crippen LogP contribution in [0.1, 0.15) is 27.2 Å². The number of carbonyl (C=O) groups excluding carboxylic acids is 1. The van der Waals surface area contributed by atoms with Crippen LogP contribution in [0.25, 0.3) is 10.9 Å². The van der Waals surface area contributed by atoms with Crippen molar-refractivity contribution in [2.24, 2.45) is 0 Å². The van der Waals surface area contributed by atoms with Gasteiger partial charge in [-0.2, -0.15) is 0 Å². The highest BCUT2D eigenvalue weighted by Crippen LogP contribution is 2.38.